The Labute approximate surface area is 86.0 Å². The second-order valence-corrected chi connectivity index (χ2v) is 3.96. The highest BCUT2D eigenvalue weighted by Crippen LogP contribution is 2.11. The van der Waals surface area contributed by atoms with Gasteiger partial charge in [0.15, 0.2) is 0 Å². The first-order chi connectivity index (χ1) is 6.74. The van der Waals surface area contributed by atoms with Crippen LogP contribution in [-0.4, -0.2) is 25.0 Å². The smallest absolute Gasteiger partial charge is 0.223 e. The molecule has 1 unspecified atom stereocenters. The summed E-state index contributed by atoms with van der Waals surface area (Å²) in [5.41, 5.74) is 0. The molecule has 1 aliphatic rings. The molecule has 0 aromatic rings. The van der Waals surface area contributed by atoms with Crippen LogP contribution in [0.3, 0.4) is 0 Å². The van der Waals surface area contributed by atoms with E-state index in [1.165, 1.54) is 0 Å². The molecule has 1 fully saturated rings. The van der Waals surface area contributed by atoms with Crippen molar-refractivity contribution in [2.45, 2.75) is 32.2 Å². The van der Waals surface area contributed by atoms with Gasteiger partial charge in [0.25, 0.3) is 0 Å². The van der Waals surface area contributed by atoms with Crippen LogP contribution in [0, 0.1) is 5.92 Å². The zero-order valence-corrected chi connectivity index (χ0v) is 8.88. The Morgan fingerprint density at radius 3 is 2.86 bits per heavy atom. The van der Waals surface area contributed by atoms with Crippen molar-refractivity contribution in [3.63, 3.8) is 0 Å². The minimum Gasteiger partial charge on any atom is -0.353 e. The summed E-state index contributed by atoms with van der Waals surface area (Å²) in [4.78, 5) is 11.7. The Morgan fingerprint density at radius 1 is 1.64 bits per heavy atom. The monoisotopic (exact) mass is 196 g/mol. The Bertz CT molecular complexity index is 197. The first kappa shape index (κ1) is 11.2. The highest BCUT2D eigenvalue weighted by atomic mass is 16.1. The lowest BCUT2D eigenvalue weighted by Gasteiger charge is -2.23. The Kier molecular flexibility index (Phi) is 4.66. The van der Waals surface area contributed by atoms with Gasteiger partial charge in [-0.2, -0.15) is 0 Å². The molecule has 2 N–H and O–H groups in total. The van der Waals surface area contributed by atoms with Crippen molar-refractivity contribution in [2.24, 2.45) is 5.92 Å². The van der Waals surface area contributed by atoms with Crippen molar-refractivity contribution in [1.82, 2.24) is 10.6 Å². The van der Waals surface area contributed by atoms with E-state index in [0.29, 0.717) is 0 Å². The van der Waals surface area contributed by atoms with Gasteiger partial charge < -0.3 is 10.6 Å². The van der Waals surface area contributed by atoms with Crippen LogP contribution in [0.2, 0.25) is 0 Å². The predicted octanol–water partition coefficient (Wildman–Crippen LogP) is 1.07. The average Bonchev–Trinajstić information content (AvgIpc) is 2.19. The fourth-order valence-electron chi connectivity index (χ4n) is 1.75. The number of carbonyl (C=O) groups excluding carboxylic acids is 1. The van der Waals surface area contributed by atoms with Crippen LogP contribution in [0.4, 0.5) is 0 Å². The number of piperidine rings is 1. The summed E-state index contributed by atoms with van der Waals surface area (Å²) in [7, 11) is 0. The summed E-state index contributed by atoms with van der Waals surface area (Å²) in [6, 6.07) is 0.217. The van der Waals surface area contributed by atoms with E-state index in [4.69, 9.17) is 0 Å². The van der Waals surface area contributed by atoms with E-state index in [2.05, 4.69) is 17.2 Å². The summed E-state index contributed by atoms with van der Waals surface area (Å²) in [5.74, 6) is 0.421. The lowest BCUT2D eigenvalue weighted by atomic mass is 9.97. The maximum atomic E-state index is 11.7. The zero-order chi connectivity index (χ0) is 10.4. The number of rotatable bonds is 4. The summed E-state index contributed by atoms with van der Waals surface area (Å²) >= 11 is 0. The van der Waals surface area contributed by atoms with Gasteiger partial charge in [-0.1, -0.05) is 6.08 Å². The molecule has 3 heteroatoms. The lowest BCUT2D eigenvalue weighted by Crippen LogP contribution is -2.41. The molecule has 0 saturated carbocycles. The fourth-order valence-corrected chi connectivity index (χ4v) is 1.75. The third-order valence-electron chi connectivity index (χ3n) is 2.62. The van der Waals surface area contributed by atoms with Gasteiger partial charge in [-0.3, -0.25) is 4.79 Å². The molecule has 1 aliphatic heterocycles. The van der Waals surface area contributed by atoms with E-state index < -0.39 is 0 Å². The lowest BCUT2D eigenvalue weighted by molar-refractivity contribution is -0.126. The van der Waals surface area contributed by atoms with Gasteiger partial charge in [0.1, 0.15) is 0 Å². The number of hydrogen-bond acceptors (Lipinski definition) is 2. The Morgan fingerprint density at radius 2 is 2.29 bits per heavy atom. The standard InChI is InChI=1S/C11H20N2O/c1-3-4-9(2)13-11(14)10-5-7-12-8-6-10/h3,9-10,12H,1,4-8H2,2H3,(H,13,14). The molecule has 1 atom stereocenters. The van der Waals surface area contributed by atoms with Crippen LogP contribution in [0.5, 0.6) is 0 Å². The topological polar surface area (TPSA) is 41.1 Å². The van der Waals surface area contributed by atoms with E-state index in [1.54, 1.807) is 0 Å². The van der Waals surface area contributed by atoms with Crippen molar-refractivity contribution < 1.29 is 4.79 Å². The molecule has 0 aliphatic carbocycles. The summed E-state index contributed by atoms with van der Waals surface area (Å²) < 4.78 is 0. The van der Waals surface area contributed by atoms with Crippen LogP contribution >= 0.6 is 0 Å². The second-order valence-electron chi connectivity index (χ2n) is 3.96. The molecule has 1 rings (SSSR count). The largest absolute Gasteiger partial charge is 0.353 e. The first-order valence-electron chi connectivity index (χ1n) is 5.36. The van der Waals surface area contributed by atoms with Gasteiger partial charge in [0, 0.05) is 12.0 Å². The van der Waals surface area contributed by atoms with Gasteiger partial charge in [0.05, 0.1) is 0 Å². The molecular weight excluding hydrogens is 176 g/mol. The quantitative estimate of drug-likeness (QED) is 0.660. The van der Waals surface area contributed by atoms with Crippen molar-refractivity contribution >= 4 is 5.91 Å². The van der Waals surface area contributed by atoms with E-state index in [1.807, 2.05) is 13.0 Å². The fraction of sp³-hybridized carbons (Fsp3) is 0.727. The average molecular weight is 196 g/mol. The van der Waals surface area contributed by atoms with Crippen LogP contribution in [0.15, 0.2) is 12.7 Å². The number of carbonyl (C=O) groups is 1. The summed E-state index contributed by atoms with van der Waals surface area (Å²) in [5, 5.41) is 6.26. The normalized spacial score (nSPS) is 20.1. The van der Waals surface area contributed by atoms with Crippen molar-refractivity contribution in [3.8, 4) is 0 Å². The Balaban J connectivity index is 2.28. The van der Waals surface area contributed by atoms with Crippen LogP contribution in [-0.2, 0) is 4.79 Å². The number of hydrogen-bond donors (Lipinski definition) is 2. The molecule has 1 saturated heterocycles. The molecule has 80 valence electrons. The minimum atomic E-state index is 0.209. The van der Waals surface area contributed by atoms with E-state index in [9.17, 15) is 4.79 Å². The molecule has 0 radical (unpaired) electrons. The second kappa shape index (κ2) is 5.81. The molecule has 0 aromatic carbocycles. The minimum absolute atomic E-state index is 0.209. The summed E-state index contributed by atoms with van der Waals surface area (Å²) in [6.07, 6.45) is 4.61. The van der Waals surface area contributed by atoms with Gasteiger partial charge in [-0.05, 0) is 39.3 Å². The molecular formula is C11H20N2O. The molecule has 1 amide bonds. The van der Waals surface area contributed by atoms with E-state index in [-0.39, 0.29) is 17.9 Å². The molecule has 1 heterocycles. The molecule has 3 nitrogen and oxygen atoms in total. The molecule has 0 aromatic heterocycles. The van der Waals surface area contributed by atoms with Gasteiger partial charge in [-0.25, -0.2) is 0 Å². The predicted molar refractivity (Wildman–Crippen MR) is 58.0 cm³/mol. The third kappa shape index (κ3) is 3.50. The van der Waals surface area contributed by atoms with Crippen molar-refractivity contribution in [3.05, 3.63) is 12.7 Å². The molecule has 0 spiro atoms. The zero-order valence-electron chi connectivity index (χ0n) is 8.88. The molecule has 0 bridgehead atoms. The van der Waals surface area contributed by atoms with Crippen molar-refractivity contribution in [1.29, 1.82) is 0 Å². The van der Waals surface area contributed by atoms with Crippen LogP contribution < -0.4 is 10.6 Å². The van der Waals surface area contributed by atoms with Gasteiger partial charge in [-0.15, -0.1) is 6.58 Å². The third-order valence-corrected chi connectivity index (χ3v) is 2.62. The highest BCUT2D eigenvalue weighted by Gasteiger charge is 2.21. The Hall–Kier alpha value is -0.830. The SMILES string of the molecule is C=CCC(C)NC(=O)C1CCNCC1. The maximum absolute atomic E-state index is 11.7. The van der Waals surface area contributed by atoms with Gasteiger partial charge >= 0.3 is 0 Å². The van der Waals surface area contributed by atoms with E-state index in [0.717, 1.165) is 32.4 Å². The number of amides is 1. The van der Waals surface area contributed by atoms with Crippen molar-refractivity contribution in [2.75, 3.05) is 13.1 Å². The molecule has 14 heavy (non-hydrogen) atoms. The van der Waals surface area contributed by atoms with E-state index >= 15 is 0 Å². The van der Waals surface area contributed by atoms with Crippen LogP contribution in [0.1, 0.15) is 26.2 Å². The first-order valence-corrected chi connectivity index (χ1v) is 5.36. The summed E-state index contributed by atoms with van der Waals surface area (Å²) in [6.45, 7) is 7.61. The highest BCUT2D eigenvalue weighted by molar-refractivity contribution is 5.79. The van der Waals surface area contributed by atoms with Crippen LogP contribution in [0.25, 0.3) is 0 Å². The van der Waals surface area contributed by atoms with Gasteiger partial charge in [0.2, 0.25) is 5.91 Å². The maximum Gasteiger partial charge on any atom is 0.223 e. The number of nitrogens with one attached hydrogen (secondary N) is 2.